The summed E-state index contributed by atoms with van der Waals surface area (Å²) in [5.74, 6) is 0.191. The molecule has 4 rings (SSSR count). The molecule has 0 saturated carbocycles. The van der Waals surface area contributed by atoms with E-state index in [4.69, 9.17) is 0 Å². The van der Waals surface area contributed by atoms with Gasteiger partial charge in [0.2, 0.25) is 5.03 Å². The molecule has 2 aliphatic heterocycles. The molecule has 0 aliphatic carbocycles. The van der Waals surface area contributed by atoms with Crippen LogP contribution in [0.15, 0.2) is 29.4 Å². The molecule has 0 bridgehead atoms. The van der Waals surface area contributed by atoms with Crippen LogP contribution in [0.2, 0.25) is 0 Å². The molecule has 1 aromatic carbocycles. The van der Waals surface area contributed by atoms with E-state index >= 15 is 0 Å². The van der Waals surface area contributed by atoms with Gasteiger partial charge in [-0.1, -0.05) is 19.1 Å². The summed E-state index contributed by atoms with van der Waals surface area (Å²) in [6.45, 7) is 12.0. The first kappa shape index (κ1) is 23.8. The number of aryl methyl sites for hydroxylation is 2. The quantitative estimate of drug-likeness (QED) is 0.667. The van der Waals surface area contributed by atoms with Gasteiger partial charge >= 0.3 is 0 Å². The van der Waals surface area contributed by atoms with Crippen LogP contribution in [0.1, 0.15) is 48.2 Å². The second-order valence-electron chi connectivity index (χ2n) is 9.31. The molecule has 8 nitrogen and oxygen atoms in total. The largest absolute Gasteiger partial charge is 0.369 e. The SMILES string of the molecule is CCn1cc(C(=O)N2CCCC(C)C2)c(S(=O)(=O)N2CCN(c3cccc(C)c3C)CC2)n1. The van der Waals surface area contributed by atoms with Gasteiger partial charge in [0.1, 0.15) is 0 Å². The Hall–Kier alpha value is -2.39. The normalized spacial score (nSPS) is 20.3. The van der Waals surface area contributed by atoms with Gasteiger partial charge in [0.05, 0.1) is 5.56 Å². The minimum atomic E-state index is -3.88. The summed E-state index contributed by atoms with van der Waals surface area (Å²) in [5.41, 5.74) is 3.79. The molecule has 9 heteroatoms. The maximum absolute atomic E-state index is 13.6. The Morgan fingerprint density at radius 3 is 2.52 bits per heavy atom. The van der Waals surface area contributed by atoms with E-state index < -0.39 is 10.0 Å². The van der Waals surface area contributed by atoms with Gasteiger partial charge in [-0.25, -0.2) is 8.42 Å². The summed E-state index contributed by atoms with van der Waals surface area (Å²) in [6, 6.07) is 6.22. The zero-order chi connectivity index (χ0) is 23.8. The number of hydrogen-bond donors (Lipinski definition) is 0. The molecule has 2 fully saturated rings. The van der Waals surface area contributed by atoms with Crippen molar-refractivity contribution >= 4 is 21.6 Å². The summed E-state index contributed by atoms with van der Waals surface area (Å²) in [6.07, 6.45) is 3.63. The number of benzene rings is 1. The second-order valence-corrected chi connectivity index (χ2v) is 11.2. The number of likely N-dealkylation sites (tertiary alicyclic amines) is 1. The number of nitrogens with zero attached hydrogens (tertiary/aromatic N) is 5. The van der Waals surface area contributed by atoms with Gasteiger partial charge in [0.25, 0.3) is 15.9 Å². The van der Waals surface area contributed by atoms with Crippen molar-refractivity contribution in [2.24, 2.45) is 5.92 Å². The van der Waals surface area contributed by atoms with Crippen molar-refractivity contribution in [3.8, 4) is 0 Å². The lowest BCUT2D eigenvalue weighted by Gasteiger charge is -2.36. The van der Waals surface area contributed by atoms with Gasteiger partial charge < -0.3 is 9.80 Å². The van der Waals surface area contributed by atoms with E-state index in [9.17, 15) is 13.2 Å². The first-order chi connectivity index (χ1) is 15.7. The van der Waals surface area contributed by atoms with Gasteiger partial charge in [-0.15, -0.1) is 0 Å². The van der Waals surface area contributed by atoms with E-state index in [1.807, 2.05) is 13.0 Å². The molecule has 3 heterocycles. The van der Waals surface area contributed by atoms with Crippen LogP contribution < -0.4 is 4.90 Å². The number of piperidine rings is 1. The lowest BCUT2D eigenvalue weighted by molar-refractivity contribution is 0.0679. The molecule has 2 aromatic rings. The number of carbonyl (C=O) groups excluding carboxylic acids is 1. The molecule has 1 aromatic heterocycles. The Morgan fingerprint density at radius 1 is 1.12 bits per heavy atom. The van der Waals surface area contributed by atoms with Crippen molar-refractivity contribution < 1.29 is 13.2 Å². The van der Waals surface area contributed by atoms with Gasteiger partial charge in [-0.05, 0) is 56.7 Å². The molecule has 2 saturated heterocycles. The van der Waals surface area contributed by atoms with E-state index in [0.29, 0.717) is 51.7 Å². The number of aromatic nitrogens is 2. The smallest absolute Gasteiger partial charge is 0.263 e. The molecule has 0 spiro atoms. The maximum Gasteiger partial charge on any atom is 0.263 e. The van der Waals surface area contributed by atoms with Crippen molar-refractivity contribution in [3.63, 3.8) is 0 Å². The molecule has 2 aliphatic rings. The monoisotopic (exact) mass is 473 g/mol. The fourth-order valence-electron chi connectivity index (χ4n) is 4.82. The van der Waals surface area contributed by atoms with Crippen LogP contribution in [0.3, 0.4) is 0 Å². The number of anilines is 1. The van der Waals surface area contributed by atoms with Crippen LogP contribution in [0.5, 0.6) is 0 Å². The Kier molecular flexibility index (Phi) is 6.81. The number of carbonyl (C=O) groups is 1. The summed E-state index contributed by atoms with van der Waals surface area (Å²) in [5, 5.41) is 4.24. The minimum Gasteiger partial charge on any atom is -0.369 e. The summed E-state index contributed by atoms with van der Waals surface area (Å²) >= 11 is 0. The minimum absolute atomic E-state index is 0.104. The zero-order valence-corrected chi connectivity index (χ0v) is 20.9. The highest BCUT2D eigenvalue weighted by molar-refractivity contribution is 7.89. The predicted molar refractivity (Wildman–Crippen MR) is 129 cm³/mol. The highest BCUT2D eigenvalue weighted by Gasteiger charge is 2.36. The Labute approximate surface area is 197 Å². The molecular weight excluding hydrogens is 438 g/mol. The number of sulfonamides is 1. The van der Waals surface area contributed by atoms with E-state index in [2.05, 4.69) is 42.9 Å². The number of piperazine rings is 1. The average Bonchev–Trinajstić information content (AvgIpc) is 3.26. The van der Waals surface area contributed by atoms with Crippen LogP contribution >= 0.6 is 0 Å². The van der Waals surface area contributed by atoms with Crippen molar-refractivity contribution in [2.45, 2.75) is 52.1 Å². The second kappa shape index (κ2) is 9.46. The zero-order valence-electron chi connectivity index (χ0n) is 20.1. The fraction of sp³-hybridized carbons (Fsp3) is 0.583. The van der Waals surface area contributed by atoms with Crippen molar-refractivity contribution in [2.75, 3.05) is 44.2 Å². The molecular formula is C24H35N5O3S. The molecule has 180 valence electrons. The third kappa shape index (κ3) is 4.66. The predicted octanol–water partition coefficient (Wildman–Crippen LogP) is 2.90. The van der Waals surface area contributed by atoms with Gasteiger partial charge in [0, 0.05) is 57.7 Å². The van der Waals surface area contributed by atoms with E-state index in [-0.39, 0.29) is 16.5 Å². The Balaban J connectivity index is 1.56. The molecule has 1 unspecified atom stereocenters. The van der Waals surface area contributed by atoms with Crippen LogP contribution in [-0.2, 0) is 16.6 Å². The number of hydrogen-bond acceptors (Lipinski definition) is 5. The molecule has 0 N–H and O–H groups in total. The van der Waals surface area contributed by atoms with Gasteiger partial charge in [0.15, 0.2) is 0 Å². The van der Waals surface area contributed by atoms with Gasteiger partial charge in [-0.2, -0.15) is 9.40 Å². The standard InChI is InChI=1S/C24H35N5O3S/c1-5-28-17-21(24(30)27-11-7-8-18(2)16-27)23(25-28)33(31,32)29-14-12-26(13-15-29)22-10-6-9-19(3)20(22)4/h6,9-10,17-18H,5,7-8,11-16H2,1-4H3. The van der Waals surface area contributed by atoms with Crippen molar-refractivity contribution in [1.29, 1.82) is 0 Å². The number of rotatable bonds is 5. The van der Waals surface area contributed by atoms with E-state index in [1.165, 1.54) is 15.4 Å². The van der Waals surface area contributed by atoms with E-state index in [0.717, 1.165) is 18.5 Å². The van der Waals surface area contributed by atoms with Crippen molar-refractivity contribution in [3.05, 3.63) is 41.1 Å². The van der Waals surface area contributed by atoms with Crippen LogP contribution in [-0.4, -0.2) is 72.6 Å². The molecule has 33 heavy (non-hydrogen) atoms. The summed E-state index contributed by atoms with van der Waals surface area (Å²) < 4.78 is 30.3. The van der Waals surface area contributed by atoms with Crippen molar-refractivity contribution in [1.82, 2.24) is 19.0 Å². The average molecular weight is 474 g/mol. The molecule has 0 radical (unpaired) electrons. The van der Waals surface area contributed by atoms with E-state index in [1.54, 1.807) is 15.8 Å². The summed E-state index contributed by atoms with van der Waals surface area (Å²) in [7, 11) is -3.88. The Morgan fingerprint density at radius 2 is 1.85 bits per heavy atom. The first-order valence-corrected chi connectivity index (χ1v) is 13.3. The first-order valence-electron chi connectivity index (χ1n) is 11.9. The fourth-order valence-corrected chi connectivity index (χ4v) is 6.33. The third-order valence-electron chi connectivity index (χ3n) is 6.97. The number of amides is 1. The Bertz CT molecular complexity index is 1120. The maximum atomic E-state index is 13.6. The summed E-state index contributed by atoms with van der Waals surface area (Å²) in [4.78, 5) is 17.3. The van der Waals surface area contributed by atoms with Crippen LogP contribution in [0, 0.1) is 19.8 Å². The highest BCUT2D eigenvalue weighted by Crippen LogP contribution is 2.27. The van der Waals surface area contributed by atoms with Crippen LogP contribution in [0.4, 0.5) is 5.69 Å². The molecule has 1 amide bonds. The topological polar surface area (TPSA) is 78.8 Å². The van der Waals surface area contributed by atoms with Gasteiger partial charge in [-0.3, -0.25) is 9.48 Å². The third-order valence-corrected chi connectivity index (χ3v) is 8.80. The highest BCUT2D eigenvalue weighted by atomic mass is 32.2. The molecule has 1 atom stereocenters. The van der Waals surface area contributed by atoms with Crippen LogP contribution in [0.25, 0.3) is 0 Å². The lowest BCUT2D eigenvalue weighted by Crippen LogP contribution is -2.49. The lowest BCUT2D eigenvalue weighted by atomic mass is 10.00.